The van der Waals surface area contributed by atoms with E-state index >= 15 is 0 Å². The molecule has 8 atom stereocenters. The highest BCUT2D eigenvalue weighted by molar-refractivity contribution is 5.82. The number of rotatable bonds is 33. The molecule has 0 radical (unpaired) electrons. The number of nitrogens with one attached hydrogen (secondary N) is 1. The van der Waals surface area contributed by atoms with Gasteiger partial charge in [-0.05, 0) is 45.4 Å². The molecule has 10 heteroatoms. The Morgan fingerprint density at radius 3 is 1.79 bits per heavy atom. The Labute approximate surface area is 322 Å². The minimum absolute atomic E-state index is 0.341. The lowest BCUT2D eigenvalue weighted by molar-refractivity contribution is -0.302. The van der Waals surface area contributed by atoms with Crippen molar-refractivity contribution in [2.45, 2.75) is 217 Å². The first kappa shape index (κ1) is 49.4. The Bertz CT molecular complexity index is 971. The lowest BCUT2D eigenvalue weighted by atomic mass is 9.99. The molecule has 53 heavy (non-hydrogen) atoms. The second-order valence-electron chi connectivity index (χ2n) is 15.1. The average molecular weight is 754 g/mol. The van der Waals surface area contributed by atoms with Gasteiger partial charge in [0, 0.05) is 0 Å². The van der Waals surface area contributed by atoms with Crippen molar-refractivity contribution in [3.05, 3.63) is 36.0 Å². The van der Waals surface area contributed by atoms with Gasteiger partial charge in [0.25, 0.3) is 5.91 Å². The SMILES string of the molecule is CCCCCCCCCCCCCCC=C[C@@H](O)C(=O)N[C@@H](CO[C@@H]1O[C@H](CO)[C@@H](O)[C@H](O)[C@H]1O)[C@H](O)C=CCCC=C(C)CCCCCCCCC. The van der Waals surface area contributed by atoms with Gasteiger partial charge in [-0.2, -0.15) is 0 Å². The lowest BCUT2D eigenvalue weighted by Gasteiger charge is -2.40. The second-order valence-corrected chi connectivity index (χ2v) is 15.1. The Balaban J connectivity index is 2.59. The predicted molar refractivity (Wildman–Crippen MR) is 213 cm³/mol. The van der Waals surface area contributed by atoms with E-state index in [9.17, 15) is 35.4 Å². The highest BCUT2D eigenvalue weighted by atomic mass is 16.7. The molecule has 0 saturated carbocycles. The van der Waals surface area contributed by atoms with Crippen molar-refractivity contribution >= 4 is 5.91 Å². The van der Waals surface area contributed by atoms with E-state index in [-0.39, 0.29) is 6.61 Å². The summed E-state index contributed by atoms with van der Waals surface area (Å²) in [5.41, 5.74) is 1.35. The molecule has 0 aromatic carbocycles. The maximum Gasteiger partial charge on any atom is 0.253 e. The number of unbranched alkanes of at least 4 members (excludes halogenated alkanes) is 19. The van der Waals surface area contributed by atoms with Crippen LogP contribution in [0.2, 0.25) is 0 Å². The van der Waals surface area contributed by atoms with Crippen molar-refractivity contribution in [3.63, 3.8) is 0 Å². The van der Waals surface area contributed by atoms with E-state index in [1.54, 1.807) is 12.2 Å². The van der Waals surface area contributed by atoms with Gasteiger partial charge < -0.3 is 45.4 Å². The van der Waals surface area contributed by atoms with Crippen LogP contribution in [0.5, 0.6) is 0 Å². The van der Waals surface area contributed by atoms with Crippen LogP contribution in [-0.4, -0.2) is 98.7 Å². The average Bonchev–Trinajstić information content (AvgIpc) is 3.15. The maximum atomic E-state index is 13.0. The van der Waals surface area contributed by atoms with Gasteiger partial charge in [-0.25, -0.2) is 0 Å². The summed E-state index contributed by atoms with van der Waals surface area (Å²) in [6, 6.07) is -1.03. The molecule has 1 rings (SSSR count). The van der Waals surface area contributed by atoms with Crippen LogP contribution in [0.25, 0.3) is 0 Å². The zero-order valence-electron chi connectivity index (χ0n) is 33.6. The summed E-state index contributed by atoms with van der Waals surface area (Å²) in [6.07, 6.45) is 26.3. The van der Waals surface area contributed by atoms with E-state index < -0.39 is 61.5 Å². The van der Waals surface area contributed by atoms with Gasteiger partial charge in [-0.15, -0.1) is 0 Å². The Hall–Kier alpha value is -1.63. The molecular weight excluding hydrogens is 674 g/mol. The van der Waals surface area contributed by atoms with Crippen molar-refractivity contribution in [2.75, 3.05) is 13.2 Å². The number of amides is 1. The fourth-order valence-corrected chi connectivity index (χ4v) is 6.57. The monoisotopic (exact) mass is 754 g/mol. The Morgan fingerprint density at radius 2 is 1.23 bits per heavy atom. The van der Waals surface area contributed by atoms with Crippen LogP contribution >= 0.6 is 0 Å². The molecule has 10 nitrogen and oxygen atoms in total. The second kappa shape index (κ2) is 32.6. The molecule has 1 amide bonds. The molecule has 1 aliphatic rings. The minimum atomic E-state index is -1.62. The smallest absolute Gasteiger partial charge is 0.253 e. The molecule has 7 N–H and O–H groups in total. The highest BCUT2D eigenvalue weighted by Crippen LogP contribution is 2.22. The molecule has 310 valence electrons. The number of carbonyl (C=O) groups excluding carboxylic acids is 1. The normalized spacial score (nSPS) is 22.8. The molecular formula is C43H79NO9. The number of hydrogen-bond acceptors (Lipinski definition) is 9. The van der Waals surface area contributed by atoms with Crippen LogP contribution in [0.15, 0.2) is 36.0 Å². The van der Waals surface area contributed by atoms with Crippen LogP contribution in [0.1, 0.15) is 168 Å². The largest absolute Gasteiger partial charge is 0.394 e. The van der Waals surface area contributed by atoms with Gasteiger partial charge >= 0.3 is 0 Å². The summed E-state index contributed by atoms with van der Waals surface area (Å²) in [7, 11) is 0. The number of aliphatic hydroxyl groups is 6. The van der Waals surface area contributed by atoms with Gasteiger partial charge in [-0.1, -0.05) is 159 Å². The van der Waals surface area contributed by atoms with Crippen LogP contribution in [0.3, 0.4) is 0 Å². The predicted octanol–water partition coefficient (Wildman–Crippen LogP) is 7.08. The zero-order chi connectivity index (χ0) is 39.1. The van der Waals surface area contributed by atoms with E-state index in [1.165, 1.54) is 121 Å². The summed E-state index contributed by atoms with van der Waals surface area (Å²) in [6.45, 7) is 5.67. The fourth-order valence-electron chi connectivity index (χ4n) is 6.57. The number of aliphatic hydroxyl groups excluding tert-OH is 6. The highest BCUT2D eigenvalue weighted by Gasteiger charge is 2.44. The third-order valence-electron chi connectivity index (χ3n) is 10.2. The van der Waals surface area contributed by atoms with Crippen molar-refractivity contribution in [1.29, 1.82) is 0 Å². The molecule has 0 aromatic rings. The van der Waals surface area contributed by atoms with Crippen LogP contribution < -0.4 is 5.32 Å². The van der Waals surface area contributed by atoms with Gasteiger partial charge in [0.05, 0.1) is 25.4 Å². The first-order valence-electron chi connectivity index (χ1n) is 21.2. The van der Waals surface area contributed by atoms with Gasteiger partial charge in [0.2, 0.25) is 0 Å². The van der Waals surface area contributed by atoms with Crippen LogP contribution in [0.4, 0.5) is 0 Å². The van der Waals surface area contributed by atoms with Crippen molar-refractivity contribution in [1.82, 2.24) is 5.32 Å². The molecule has 1 saturated heterocycles. The van der Waals surface area contributed by atoms with Crippen molar-refractivity contribution in [3.8, 4) is 0 Å². The lowest BCUT2D eigenvalue weighted by Crippen LogP contribution is -2.60. The number of allylic oxidation sites excluding steroid dienone is 4. The zero-order valence-corrected chi connectivity index (χ0v) is 33.6. The molecule has 1 fully saturated rings. The summed E-state index contributed by atoms with van der Waals surface area (Å²) in [5.74, 6) is -0.713. The van der Waals surface area contributed by atoms with Crippen molar-refractivity contribution < 1.29 is 44.9 Å². The van der Waals surface area contributed by atoms with E-state index in [0.29, 0.717) is 6.42 Å². The summed E-state index contributed by atoms with van der Waals surface area (Å²) in [4.78, 5) is 13.0. The minimum Gasteiger partial charge on any atom is -0.394 e. The first-order valence-corrected chi connectivity index (χ1v) is 21.2. The van der Waals surface area contributed by atoms with E-state index in [1.807, 2.05) is 6.08 Å². The van der Waals surface area contributed by atoms with Crippen LogP contribution in [0, 0.1) is 0 Å². The molecule has 1 aliphatic heterocycles. The molecule has 0 bridgehead atoms. The summed E-state index contributed by atoms with van der Waals surface area (Å²) in [5, 5.41) is 64.4. The van der Waals surface area contributed by atoms with Gasteiger partial charge in [0.1, 0.15) is 24.4 Å². The number of ether oxygens (including phenoxy) is 2. The number of hydrogen-bond donors (Lipinski definition) is 7. The molecule has 0 aliphatic carbocycles. The third-order valence-corrected chi connectivity index (χ3v) is 10.2. The van der Waals surface area contributed by atoms with Gasteiger partial charge in [-0.3, -0.25) is 4.79 Å². The maximum absolute atomic E-state index is 13.0. The third kappa shape index (κ3) is 23.8. The topological polar surface area (TPSA) is 169 Å². The summed E-state index contributed by atoms with van der Waals surface area (Å²) < 4.78 is 11.1. The standard InChI is InChI=1S/C43H79NO9/c1-4-6-8-10-12-13-14-15-16-17-18-20-22-26-31-37(47)42(51)44-35(33-52-43-41(50)40(49)39(48)38(32-45)53-43)36(46)30-27-23-25-29-34(3)28-24-21-19-11-9-7-5-2/h26-27,29-31,35-41,43,45-50H,4-25,28,32-33H2,1-3H3,(H,44,51)/t35-,36+,37+,38+,39+,40-,41+,43+/m0/s1. The molecule has 1 heterocycles. The number of carbonyl (C=O) groups is 1. The molecule has 0 unspecified atom stereocenters. The van der Waals surface area contributed by atoms with E-state index in [4.69, 9.17) is 9.47 Å². The van der Waals surface area contributed by atoms with Crippen LogP contribution in [-0.2, 0) is 14.3 Å². The van der Waals surface area contributed by atoms with Crippen molar-refractivity contribution in [2.24, 2.45) is 0 Å². The molecule has 0 aromatic heterocycles. The Morgan fingerprint density at radius 1 is 0.698 bits per heavy atom. The first-order chi connectivity index (χ1) is 25.7. The van der Waals surface area contributed by atoms with Gasteiger partial charge in [0.15, 0.2) is 12.4 Å². The van der Waals surface area contributed by atoms with E-state index in [0.717, 1.165) is 32.1 Å². The van der Waals surface area contributed by atoms with E-state index in [2.05, 4.69) is 32.2 Å². The quantitative estimate of drug-likeness (QED) is 0.0274. The fraction of sp³-hybridized carbons (Fsp3) is 0.837. The summed E-state index contributed by atoms with van der Waals surface area (Å²) >= 11 is 0. The Kier molecular flexibility index (Phi) is 30.4. The molecule has 0 spiro atoms.